The molecule has 1 heterocycles. The van der Waals surface area contributed by atoms with Crippen molar-refractivity contribution in [1.29, 1.82) is 0 Å². The maximum absolute atomic E-state index is 9.61. The van der Waals surface area contributed by atoms with E-state index in [9.17, 15) is 5.11 Å². The van der Waals surface area contributed by atoms with E-state index in [-0.39, 0.29) is 0 Å². The molecule has 84 valence electrons. The lowest BCUT2D eigenvalue weighted by atomic mass is 10.1. The van der Waals surface area contributed by atoms with E-state index in [2.05, 4.69) is 11.1 Å². The first kappa shape index (κ1) is 10.3. The van der Waals surface area contributed by atoms with Gasteiger partial charge in [-0.2, -0.15) is 0 Å². The molecule has 0 radical (unpaired) electrons. The molecule has 3 heteroatoms. The molecule has 3 rings (SSSR count). The van der Waals surface area contributed by atoms with Crippen molar-refractivity contribution in [3.05, 3.63) is 48.0 Å². The van der Waals surface area contributed by atoms with Crippen LogP contribution in [0.15, 0.2) is 42.5 Å². The summed E-state index contributed by atoms with van der Waals surface area (Å²) in [5, 5.41) is 10.6. The van der Waals surface area contributed by atoms with Crippen LogP contribution in [0.25, 0.3) is 20.8 Å². The number of para-hydroxylation sites is 1. The normalized spacial score (nSPS) is 10.9. The minimum absolute atomic E-state index is 0.291. The van der Waals surface area contributed by atoms with Crippen LogP contribution in [0.4, 0.5) is 0 Å². The van der Waals surface area contributed by atoms with Crippen LogP contribution in [0.5, 0.6) is 5.75 Å². The number of aryl methyl sites for hydroxylation is 1. The fourth-order valence-corrected chi connectivity index (χ4v) is 2.83. The highest BCUT2D eigenvalue weighted by atomic mass is 32.1. The van der Waals surface area contributed by atoms with Gasteiger partial charge in [-0.1, -0.05) is 12.1 Å². The summed E-state index contributed by atoms with van der Waals surface area (Å²) >= 11 is 1.65. The first-order valence-corrected chi connectivity index (χ1v) is 6.20. The lowest BCUT2D eigenvalue weighted by molar-refractivity contribution is 0.475. The van der Waals surface area contributed by atoms with E-state index in [0.29, 0.717) is 5.75 Å². The van der Waals surface area contributed by atoms with Crippen LogP contribution in [0.1, 0.15) is 5.56 Å². The highest BCUT2D eigenvalue weighted by molar-refractivity contribution is 7.21. The number of benzene rings is 2. The molecule has 2 aromatic carbocycles. The lowest BCUT2D eigenvalue weighted by Crippen LogP contribution is -1.78. The van der Waals surface area contributed by atoms with Gasteiger partial charge in [-0.3, -0.25) is 0 Å². The summed E-state index contributed by atoms with van der Waals surface area (Å²) < 4.78 is 1.17. The number of phenolic OH excluding ortho intramolecular Hbond substituents is 1. The number of rotatable bonds is 1. The molecule has 0 atom stereocenters. The third-order valence-electron chi connectivity index (χ3n) is 2.60. The average molecular weight is 241 g/mol. The zero-order chi connectivity index (χ0) is 11.8. The molecule has 1 aromatic heterocycles. The number of thiazole rings is 1. The maximum atomic E-state index is 9.61. The topological polar surface area (TPSA) is 33.1 Å². The fraction of sp³-hybridized carbons (Fsp3) is 0.0714. The van der Waals surface area contributed by atoms with Crippen molar-refractivity contribution in [2.75, 3.05) is 0 Å². The van der Waals surface area contributed by atoms with Crippen molar-refractivity contribution >= 4 is 21.6 Å². The van der Waals surface area contributed by atoms with Gasteiger partial charge in [0.05, 0.1) is 10.2 Å². The second-order valence-corrected chi connectivity index (χ2v) is 5.07. The molecule has 0 spiro atoms. The van der Waals surface area contributed by atoms with Gasteiger partial charge in [-0.15, -0.1) is 11.3 Å². The van der Waals surface area contributed by atoms with Crippen LogP contribution in [-0.2, 0) is 0 Å². The Bertz CT molecular complexity index is 634. The SMILES string of the molecule is Cc1cc(O)cc(-c2nc3ccccc3s2)c1. The quantitative estimate of drug-likeness (QED) is 0.699. The number of hydrogen-bond donors (Lipinski definition) is 1. The van der Waals surface area contributed by atoms with E-state index in [1.807, 2.05) is 31.2 Å². The molecular formula is C14H11NOS. The molecule has 1 N–H and O–H groups in total. The largest absolute Gasteiger partial charge is 0.508 e. The Morgan fingerprint density at radius 2 is 1.94 bits per heavy atom. The molecule has 17 heavy (non-hydrogen) atoms. The van der Waals surface area contributed by atoms with Gasteiger partial charge in [0.15, 0.2) is 0 Å². The molecule has 0 saturated carbocycles. The smallest absolute Gasteiger partial charge is 0.124 e. The first-order valence-electron chi connectivity index (χ1n) is 5.39. The number of aromatic hydroxyl groups is 1. The Hall–Kier alpha value is -1.87. The summed E-state index contributed by atoms with van der Waals surface area (Å²) in [7, 11) is 0. The second-order valence-electron chi connectivity index (χ2n) is 4.04. The third-order valence-corrected chi connectivity index (χ3v) is 3.69. The summed E-state index contributed by atoms with van der Waals surface area (Å²) in [6.45, 7) is 1.97. The van der Waals surface area contributed by atoms with Gasteiger partial charge < -0.3 is 5.11 Å². The molecule has 0 aliphatic rings. The van der Waals surface area contributed by atoms with Gasteiger partial charge in [0, 0.05) is 5.56 Å². The molecule has 0 saturated heterocycles. The highest BCUT2D eigenvalue weighted by Gasteiger charge is 2.07. The maximum Gasteiger partial charge on any atom is 0.124 e. The Balaban J connectivity index is 2.20. The van der Waals surface area contributed by atoms with Crippen molar-refractivity contribution in [2.45, 2.75) is 6.92 Å². The molecule has 3 aromatic rings. The minimum Gasteiger partial charge on any atom is -0.508 e. The molecule has 0 unspecified atom stereocenters. The summed E-state index contributed by atoms with van der Waals surface area (Å²) in [6, 6.07) is 13.6. The molecule has 0 aliphatic heterocycles. The average Bonchev–Trinajstić information content (AvgIpc) is 2.71. The number of aromatic nitrogens is 1. The molecular weight excluding hydrogens is 230 g/mol. The Kier molecular flexibility index (Phi) is 2.34. The second kappa shape index (κ2) is 3.86. The van der Waals surface area contributed by atoms with Crippen molar-refractivity contribution in [3.63, 3.8) is 0 Å². The zero-order valence-electron chi connectivity index (χ0n) is 9.34. The zero-order valence-corrected chi connectivity index (χ0v) is 10.2. The van der Waals surface area contributed by atoms with Crippen molar-refractivity contribution in [2.24, 2.45) is 0 Å². The van der Waals surface area contributed by atoms with Crippen molar-refractivity contribution in [1.82, 2.24) is 4.98 Å². The number of nitrogens with zero attached hydrogens (tertiary/aromatic N) is 1. The Morgan fingerprint density at radius 3 is 2.71 bits per heavy atom. The predicted molar refractivity (Wildman–Crippen MR) is 71.5 cm³/mol. The summed E-state index contributed by atoms with van der Waals surface area (Å²) in [6.07, 6.45) is 0. The van der Waals surface area contributed by atoms with E-state index >= 15 is 0 Å². The minimum atomic E-state index is 0.291. The van der Waals surface area contributed by atoms with Crippen LogP contribution in [0, 0.1) is 6.92 Å². The molecule has 2 nitrogen and oxygen atoms in total. The number of fused-ring (bicyclic) bond motifs is 1. The molecule has 0 fully saturated rings. The van der Waals surface area contributed by atoms with Crippen molar-refractivity contribution < 1.29 is 5.11 Å². The van der Waals surface area contributed by atoms with Gasteiger partial charge >= 0.3 is 0 Å². The fourth-order valence-electron chi connectivity index (χ4n) is 1.88. The van der Waals surface area contributed by atoms with Crippen LogP contribution >= 0.6 is 11.3 Å². The van der Waals surface area contributed by atoms with E-state index in [1.54, 1.807) is 23.5 Å². The standard InChI is InChI=1S/C14H11NOS/c1-9-6-10(8-11(16)7-9)14-15-12-4-2-3-5-13(12)17-14/h2-8,16H,1H3. The Morgan fingerprint density at radius 1 is 1.12 bits per heavy atom. The third kappa shape index (κ3) is 1.89. The van der Waals surface area contributed by atoms with E-state index < -0.39 is 0 Å². The van der Waals surface area contributed by atoms with Crippen LogP contribution in [-0.4, -0.2) is 10.1 Å². The molecule has 0 amide bonds. The summed E-state index contributed by atoms with van der Waals surface area (Å²) in [5.41, 5.74) is 3.02. The van der Waals surface area contributed by atoms with Gasteiger partial charge in [-0.05, 0) is 42.8 Å². The summed E-state index contributed by atoms with van der Waals surface area (Å²) in [5.74, 6) is 0.291. The highest BCUT2D eigenvalue weighted by Crippen LogP contribution is 2.32. The van der Waals surface area contributed by atoms with Gasteiger partial charge in [0.1, 0.15) is 10.8 Å². The van der Waals surface area contributed by atoms with Gasteiger partial charge in [0.25, 0.3) is 0 Å². The van der Waals surface area contributed by atoms with Crippen molar-refractivity contribution in [3.8, 4) is 16.3 Å². The number of phenols is 1. The molecule has 0 bridgehead atoms. The van der Waals surface area contributed by atoms with Gasteiger partial charge in [0.2, 0.25) is 0 Å². The number of hydrogen-bond acceptors (Lipinski definition) is 3. The monoisotopic (exact) mass is 241 g/mol. The van der Waals surface area contributed by atoms with E-state index in [0.717, 1.165) is 21.7 Å². The molecule has 0 aliphatic carbocycles. The predicted octanol–water partition coefficient (Wildman–Crippen LogP) is 3.98. The lowest BCUT2D eigenvalue weighted by Gasteiger charge is -1.99. The van der Waals surface area contributed by atoms with Gasteiger partial charge in [-0.25, -0.2) is 4.98 Å². The Labute approximate surface area is 103 Å². The van der Waals surface area contributed by atoms with Crippen LogP contribution in [0.3, 0.4) is 0 Å². The van der Waals surface area contributed by atoms with Crippen LogP contribution < -0.4 is 0 Å². The summed E-state index contributed by atoms with van der Waals surface area (Å²) in [4.78, 5) is 4.57. The first-order chi connectivity index (χ1) is 8.22. The van der Waals surface area contributed by atoms with Crippen LogP contribution in [0.2, 0.25) is 0 Å². The van der Waals surface area contributed by atoms with E-state index in [1.165, 1.54) is 4.70 Å². The van der Waals surface area contributed by atoms with E-state index in [4.69, 9.17) is 0 Å².